The van der Waals surface area contributed by atoms with E-state index in [-0.39, 0.29) is 12.4 Å². The van der Waals surface area contributed by atoms with Gasteiger partial charge in [0.2, 0.25) is 0 Å². The fraction of sp³-hybridized carbons (Fsp3) is 0.118. The van der Waals surface area contributed by atoms with Gasteiger partial charge in [-0.25, -0.2) is 4.39 Å². The van der Waals surface area contributed by atoms with Crippen molar-refractivity contribution in [3.63, 3.8) is 0 Å². The van der Waals surface area contributed by atoms with Crippen molar-refractivity contribution in [3.8, 4) is 5.69 Å². The average molecular weight is 307 g/mol. The predicted octanol–water partition coefficient (Wildman–Crippen LogP) is 2.22. The highest BCUT2D eigenvalue weighted by Gasteiger charge is 2.22. The first-order valence-electron chi connectivity index (χ1n) is 7.31. The van der Waals surface area contributed by atoms with E-state index in [2.05, 4.69) is 15.2 Å². The highest BCUT2D eigenvalue weighted by molar-refractivity contribution is 6.15. The van der Waals surface area contributed by atoms with Gasteiger partial charge in [-0.2, -0.15) is 0 Å². The predicted molar refractivity (Wildman–Crippen MR) is 85.0 cm³/mol. The van der Waals surface area contributed by atoms with Crippen molar-refractivity contribution < 1.29 is 4.39 Å². The summed E-state index contributed by atoms with van der Waals surface area (Å²) in [4.78, 5) is 4.65. The van der Waals surface area contributed by atoms with E-state index in [1.54, 1.807) is 6.07 Å². The van der Waals surface area contributed by atoms with Gasteiger partial charge in [-0.15, -0.1) is 10.2 Å². The second kappa shape index (κ2) is 5.40. The standard InChI is InChI=1S/C17H14FN5/c18-12-6-7-14-13(8-12)17(11-4-2-1-3-5-11)20-10-16-22-21-15(9-19)23(14)16/h1-8H,9-10,19H2. The van der Waals surface area contributed by atoms with Crippen molar-refractivity contribution >= 4 is 5.71 Å². The number of fused-ring (bicyclic) bond motifs is 3. The van der Waals surface area contributed by atoms with Gasteiger partial charge in [-0.05, 0) is 18.2 Å². The number of hydrogen-bond donors (Lipinski definition) is 1. The van der Waals surface area contributed by atoms with Crippen LogP contribution < -0.4 is 5.73 Å². The van der Waals surface area contributed by atoms with E-state index in [0.717, 1.165) is 17.0 Å². The van der Waals surface area contributed by atoms with Crippen LogP contribution in [-0.4, -0.2) is 20.5 Å². The maximum Gasteiger partial charge on any atom is 0.159 e. The quantitative estimate of drug-likeness (QED) is 0.789. The molecule has 4 rings (SSSR count). The van der Waals surface area contributed by atoms with Crippen LogP contribution in [0.4, 0.5) is 4.39 Å². The van der Waals surface area contributed by atoms with Gasteiger partial charge in [0.1, 0.15) is 12.4 Å². The highest BCUT2D eigenvalue weighted by atomic mass is 19.1. The third kappa shape index (κ3) is 2.24. The molecule has 1 aliphatic rings. The van der Waals surface area contributed by atoms with E-state index in [1.165, 1.54) is 12.1 Å². The van der Waals surface area contributed by atoms with Crippen LogP contribution in [-0.2, 0) is 13.1 Å². The Hall–Kier alpha value is -2.86. The summed E-state index contributed by atoms with van der Waals surface area (Å²) in [6, 6.07) is 14.4. The summed E-state index contributed by atoms with van der Waals surface area (Å²) in [6.45, 7) is 0.623. The van der Waals surface area contributed by atoms with Crippen molar-refractivity contribution in [2.45, 2.75) is 13.1 Å². The van der Waals surface area contributed by atoms with E-state index >= 15 is 0 Å². The molecule has 0 saturated carbocycles. The van der Waals surface area contributed by atoms with Crippen LogP contribution in [0.2, 0.25) is 0 Å². The third-order valence-corrected chi connectivity index (χ3v) is 3.86. The molecule has 114 valence electrons. The number of rotatable bonds is 2. The second-order valence-electron chi connectivity index (χ2n) is 5.26. The van der Waals surface area contributed by atoms with E-state index in [4.69, 9.17) is 5.73 Å². The molecule has 0 fully saturated rings. The summed E-state index contributed by atoms with van der Waals surface area (Å²) in [5, 5.41) is 8.27. The minimum absolute atomic E-state index is 0.254. The minimum Gasteiger partial charge on any atom is -0.324 e. The Labute approximate surface area is 132 Å². The van der Waals surface area contributed by atoms with E-state index in [0.29, 0.717) is 23.8 Å². The first-order chi connectivity index (χ1) is 11.3. The maximum atomic E-state index is 13.9. The van der Waals surface area contributed by atoms with E-state index < -0.39 is 0 Å². The lowest BCUT2D eigenvalue weighted by Gasteiger charge is -2.13. The lowest BCUT2D eigenvalue weighted by molar-refractivity contribution is 0.627. The third-order valence-electron chi connectivity index (χ3n) is 3.86. The molecule has 6 heteroatoms. The lowest BCUT2D eigenvalue weighted by atomic mass is 10.0. The summed E-state index contributed by atoms with van der Waals surface area (Å²) in [5.74, 6) is 1.03. The summed E-state index contributed by atoms with van der Waals surface area (Å²) >= 11 is 0. The smallest absolute Gasteiger partial charge is 0.159 e. The van der Waals surface area contributed by atoms with Crippen LogP contribution in [0.1, 0.15) is 22.8 Å². The number of aliphatic imine (C=N–C) groups is 1. The number of aromatic nitrogens is 3. The van der Waals surface area contributed by atoms with Crippen LogP contribution in [0.25, 0.3) is 5.69 Å². The van der Waals surface area contributed by atoms with Crippen molar-refractivity contribution in [1.29, 1.82) is 0 Å². The Morgan fingerprint density at radius 2 is 1.91 bits per heavy atom. The molecule has 0 amide bonds. The number of halogens is 1. The van der Waals surface area contributed by atoms with Gasteiger partial charge in [-0.1, -0.05) is 30.3 Å². The zero-order valence-corrected chi connectivity index (χ0v) is 12.3. The monoisotopic (exact) mass is 307 g/mol. The molecular formula is C17H14FN5. The molecule has 2 aromatic carbocycles. The molecular weight excluding hydrogens is 293 g/mol. The van der Waals surface area contributed by atoms with Crippen LogP contribution in [0, 0.1) is 5.82 Å². The normalized spacial score (nSPS) is 13.0. The Morgan fingerprint density at radius 3 is 2.70 bits per heavy atom. The van der Waals surface area contributed by atoms with Crippen molar-refractivity contribution in [2.24, 2.45) is 10.7 Å². The SMILES string of the molecule is NCc1nnc2n1-c1ccc(F)cc1C(c1ccccc1)=NC2. The molecule has 1 aromatic heterocycles. The number of hydrogen-bond acceptors (Lipinski definition) is 4. The summed E-state index contributed by atoms with van der Waals surface area (Å²) < 4.78 is 15.7. The second-order valence-corrected chi connectivity index (χ2v) is 5.26. The highest BCUT2D eigenvalue weighted by Crippen LogP contribution is 2.26. The number of nitrogens with two attached hydrogens (primary N) is 1. The number of nitrogens with zero attached hydrogens (tertiary/aromatic N) is 4. The van der Waals surface area contributed by atoms with Gasteiger partial charge < -0.3 is 5.73 Å². The van der Waals surface area contributed by atoms with Gasteiger partial charge in [0.25, 0.3) is 0 Å². The van der Waals surface area contributed by atoms with Crippen molar-refractivity contribution in [2.75, 3.05) is 0 Å². The maximum absolute atomic E-state index is 13.9. The largest absolute Gasteiger partial charge is 0.324 e. The Bertz CT molecular complexity index is 899. The van der Waals surface area contributed by atoms with Gasteiger partial charge >= 0.3 is 0 Å². The fourth-order valence-electron chi connectivity index (χ4n) is 2.84. The Balaban J connectivity index is 2.00. The molecule has 5 nitrogen and oxygen atoms in total. The summed E-state index contributed by atoms with van der Waals surface area (Å²) in [6.07, 6.45) is 0. The van der Waals surface area contributed by atoms with Gasteiger partial charge in [0, 0.05) is 11.1 Å². The molecule has 0 atom stereocenters. The molecule has 0 aliphatic carbocycles. The molecule has 0 spiro atoms. The molecule has 0 bridgehead atoms. The van der Waals surface area contributed by atoms with Crippen LogP contribution in [0.15, 0.2) is 53.5 Å². The lowest BCUT2D eigenvalue weighted by Crippen LogP contribution is -2.12. The van der Waals surface area contributed by atoms with E-state index in [9.17, 15) is 4.39 Å². The van der Waals surface area contributed by atoms with Crippen LogP contribution in [0.5, 0.6) is 0 Å². The van der Waals surface area contributed by atoms with Crippen LogP contribution >= 0.6 is 0 Å². The first kappa shape index (κ1) is 13.8. The molecule has 3 aromatic rings. The fourth-order valence-corrected chi connectivity index (χ4v) is 2.84. The topological polar surface area (TPSA) is 69.1 Å². The minimum atomic E-state index is -0.307. The Kier molecular flexibility index (Phi) is 3.24. The van der Waals surface area contributed by atoms with Gasteiger partial charge in [0.15, 0.2) is 11.6 Å². The van der Waals surface area contributed by atoms with Gasteiger partial charge in [0.05, 0.1) is 17.9 Å². The molecule has 23 heavy (non-hydrogen) atoms. The van der Waals surface area contributed by atoms with Crippen molar-refractivity contribution in [1.82, 2.24) is 14.8 Å². The number of benzene rings is 2. The summed E-state index contributed by atoms with van der Waals surface area (Å²) in [5.41, 5.74) is 8.96. The summed E-state index contributed by atoms with van der Waals surface area (Å²) in [7, 11) is 0. The van der Waals surface area contributed by atoms with Crippen molar-refractivity contribution in [3.05, 3.63) is 77.1 Å². The molecule has 2 N–H and O–H groups in total. The van der Waals surface area contributed by atoms with E-state index in [1.807, 2.05) is 34.9 Å². The average Bonchev–Trinajstić information content (AvgIpc) is 2.92. The molecule has 0 radical (unpaired) electrons. The molecule has 0 saturated heterocycles. The first-order valence-corrected chi connectivity index (χ1v) is 7.31. The molecule has 0 unspecified atom stereocenters. The zero-order valence-electron chi connectivity index (χ0n) is 12.3. The van der Waals surface area contributed by atoms with Gasteiger partial charge in [-0.3, -0.25) is 9.56 Å². The zero-order chi connectivity index (χ0) is 15.8. The molecule has 2 heterocycles. The Morgan fingerprint density at radius 1 is 1.09 bits per heavy atom. The molecule has 1 aliphatic heterocycles. The van der Waals surface area contributed by atoms with Crippen LogP contribution in [0.3, 0.4) is 0 Å².